The second-order valence-corrected chi connectivity index (χ2v) is 9.56. The van der Waals surface area contributed by atoms with Crippen LogP contribution >= 0.6 is 0 Å². The zero-order chi connectivity index (χ0) is 32.2. The molecule has 0 aromatic heterocycles. The number of benzene rings is 4. The third-order valence-electron chi connectivity index (χ3n) is 6.49. The molecule has 0 aliphatic heterocycles. The highest BCUT2D eigenvalue weighted by molar-refractivity contribution is 6.21. The van der Waals surface area contributed by atoms with Gasteiger partial charge >= 0.3 is 18.0 Å². The smallest absolute Gasteiger partial charge is 0.421 e. The number of carbonyl (C=O) groups excluding carboxylic acids is 4. The lowest BCUT2D eigenvalue weighted by atomic mass is 10.0. The fraction of sp³-hybridized carbons (Fsp3) is 0.143. The second-order valence-electron chi connectivity index (χ2n) is 9.56. The van der Waals surface area contributed by atoms with Crippen LogP contribution in [-0.4, -0.2) is 45.3 Å². The predicted octanol–water partition coefficient (Wildman–Crippen LogP) is 6.24. The Morgan fingerprint density at radius 2 is 1.29 bits per heavy atom. The summed E-state index contributed by atoms with van der Waals surface area (Å²) in [6, 6.07) is 27.4. The number of nitrogens with one attached hydrogen (secondary N) is 1. The Kier molecular flexibility index (Phi) is 11.1. The van der Waals surface area contributed by atoms with Gasteiger partial charge in [0.15, 0.2) is 0 Å². The van der Waals surface area contributed by atoms with Crippen molar-refractivity contribution in [2.45, 2.75) is 12.8 Å². The Hall–Kier alpha value is -5.90. The van der Waals surface area contributed by atoms with Crippen LogP contribution in [0.15, 0.2) is 97.1 Å². The largest absolute Gasteiger partial charge is 0.497 e. The monoisotopic (exact) mass is 609 g/mol. The molecule has 4 rings (SSSR count). The van der Waals surface area contributed by atoms with Gasteiger partial charge in [0, 0.05) is 12.5 Å². The van der Waals surface area contributed by atoms with Gasteiger partial charge in [0.1, 0.15) is 23.0 Å². The van der Waals surface area contributed by atoms with Crippen molar-refractivity contribution < 1.29 is 42.9 Å². The van der Waals surface area contributed by atoms with Crippen molar-refractivity contribution in [3.8, 4) is 23.0 Å². The van der Waals surface area contributed by atoms with Gasteiger partial charge in [-0.1, -0.05) is 42.5 Å². The van der Waals surface area contributed by atoms with Crippen molar-refractivity contribution in [1.29, 1.82) is 0 Å². The maximum Gasteiger partial charge on any atom is 0.421 e. The fourth-order valence-electron chi connectivity index (χ4n) is 4.19. The van der Waals surface area contributed by atoms with Crippen LogP contribution in [0.4, 0.5) is 4.79 Å². The van der Waals surface area contributed by atoms with Gasteiger partial charge < -0.3 is 23.7 Å². The van der Waals surface area contributed by atoms with Crippen LogP contribution in [0.3, 0.4) is 0 Å². The topological polar surface area (TPSA) is 126 Å². The van der Waals surface area contributed by atoms with Gasteiger partial charge in [0.25, 0.3) is 0 Å². The van der Waals surface area contributed by atoms with E-state index in [0.717, 1.165) is 5.56 Å². The van der Waals surface area contributed by atoms with Gasteiger partial charge in [-0.2, -0.15) is 0 Å². The molecule has 0 unspecified atom stereocenters. The lowest BCUT2D eigenvalue weighted by molar-refractivity contribution is -0.133. The van der Waals surface area contributed by atoms with Crippen molar-refractivity contribution in [1.82, 2.24) is 5.32 Å². The van der Waals surface area contributed by atoms with Crippen molar-refractivity contribution >= 4 is 35.6 Å². The minimum Gasteiger partial charge on any atom is -0.497 e. The van der Waals surface area contributed by atoms with Crippen LogP contribution in [0, 0.1) is 0 Å². The molecule has 0 fully saturated rings. The zero-order valence-corrected chi connectivity index (χ0v) is 24.9. The summed E-state index contributed by atoms with van der Waals surface area (Å²) in [7, 11) is 4.42. The summed E-state index contributed by atoms with van der Waals surface area (Å²) in [6.07, 6.45) is 0.925. The standard InChI is InChI=1S/C35H31NO9/c1-41-29-19-24(20-30(22-29)42-2)21-31(34(39)43-3)25-12-16-28(17-13-25)44-27-14-9-23(10-15-27)11-18-32(37)36-35(40)45-33(38)26-7-5-4-6-8-26/h4-10,12-17,19-22H,11,18H2,1-3H3,(H,36,37,40)/b31-21-. The highest BCUT2D eigenvalue weighted by Gasteiger charge is 2.16. The highest BCUT2D eigenvalue weighted by atomic mass is 16.6. The number of alkyl carbamates (subject to hydrolysis) is 1. The number of hydrogen-bond donors (Lipinski definition) is 1. The first kappa shape index (κ1) is 32.0. The van der Waals surface area contributed by atoms with E-state index in [2.05, 4.69) is 10.1 Å². The van der Waals surface area contributed by atoms with E-state index >= 15 is 0 Å². The number of imide groups is 1. The molecule has 0 aliphatic rings. The first-order valence-corrected chi connectivity index (χ1v) is 13.8. The summed E-state index contributed by atoms with van der Waals surface area (Å²) < 4.78 is 26.3. The summed E-state index contributed by atoms with van der Waals surface area (Å²) in [4.78, 5) is 48.6. The molecule has 10 heteroatoms. The highest BCUT2D eigenvalue weighted by Crippen LogP contribution is 2.29. The van der Waals surface area contributed by atoms with E-state index in [1.165, 1.54) is 19.2 Å². The third-order valence-corrected chi connectivity index (χ3v) is 6.49. The molecule has 1 N–H and O–H groups in total. The molecule has 2 amide bonds. The first-order valence-electron chi connectivity index (χ1n) is 13.8. The van der Waals surface area contributed by atoms with Crippen molar-refractivity contribution in [2.75, 3.05) is 21.3 Å². The lowest BCUT2D eigenvalue weighted by Gasteiger charge is -2.11. The molecule has 0 bridgehead atoms. The Morgan fingerprint density at radius 3 is 1.87 bits per heavy atom. The number of methoxy groups -OCH3 is 3. The van der Waals surface area contributed by atoms with Crippen LogP contribution in [0.25, 0.3) is 11.6 Å². The van der Waals surface area contributed by atoms with Gasteiger partial charge in [0.05, 0.1) is 32.5 Å². The number of ether oxygens (including phenoxy) is 5. The molecule has 0 saturated carbocycles. The van der Waals surface area contributed by atoms with E-state index in [0.29, 0.717) is 46.1 Å². The van der Waals surface area contributed by atoms with E-state index in [1.54, 1.807) is 105 Å². The molecule has 4 aromatic rings. The molecule has 0 saturated heterocycles. The molecular weight excluding hydrogens is 578 g/mol. The normalized spacial score (nSPS) is 10.8. The van der Waals surface area contributed by atoms with E-state index in [9.17, 15) is 19.2 Å². The Balaban J connectivity index is 1.33. The van der Waals surface area contributed by atoms with Gasteiger partial charge in [0.2, 0.25) is 5.91 Å². The van der Waals surface area contributed by atoms with Gasteiger partial charge in [-0.3, -0.25) is 10.1 Å². The molecule has 0 heterocycles. The molecule has 0 radical (unpaired) electrons. The number of hydrogen-bond acceptors (Lipinski definition) is 9. The van der Waals surface area contributed by atoms with Crippen LogP contribution < -0.4 is 19.5 Å². The second kappa shape index (κ2) is 15.5. The molecule has 4 aromatic carbocycles. The van der Waals surface area contributed by atoms with Crippen molar-refractivity contribution in [2.24, 2.45) is 0 Å². The van der Waals surface area contributed by atoms with Crippen LogP contribution in [0.5, 0.6) is 23.0 Å². The van der Waals surface area contributed by atoms with E-state index in [1.807, 2.05) is 0 Å². The SMILES string of the molecule is COC(=O)/C(=C\c1cc(OC)cc(OC)c1)c1ccc(Oc2ccc(CCC(=O)NC(=O)OC(=O)c3ccccc3)cc2)cc1. The first-order chi connectivity index (χ1) is 21.8. The van der Waals surface area contributed by atoms with Gasteiger partial charge in [-0.25, -0.2) is 14.4 Å². The van der Waals surface area contributed by atoms with Crippen molar-refractivity contribution in [3.05, 3.63) is 119 Å². The third kappa shape index (κ3) is 9.29. The zero-order valence-electron chi connectivity index (χ0n) is 24.9. The molecule has 230 valence electrons. The van der Waals surface area contributed by atoms with Crippen LogP contribution in [-0.2, 0) is 25.5 Å². The van der Waals surface area contributed by atoms with Gasteiger partial charge in [-0.15, -0.1) is 0 Å². The summed E-state index contributed by atoms with van der Waals surface area (Å²) in [6.45, 7) is 0. The molecular formula is C35H31NO9. The van der Waals surface area contributed by atoms with Crippen molar-refractivity contribution in [3.63, 3.8) is 0 Å². The van der Waals surface area contributed by atoms with E-state index < -0.39 is 23.9 Å². The van der Waals surface area contributed by atoms with Crippen LogP contribution in [0.2, 0.25) is 0 Å². The Morgan fingerprint density at radius 1 is 0.689 bits per heavy atom. The molecule has 45 heavy (non-hydrogen) atoms. The molecule has 0 spiro atoms. The number of esters is 2. The average Bonchev–Trinajstić information content (AvgIpc) is 3.07. The van der Waals surface area contributed by atoms with E-state index in [4.69, 9.17) is 18.9 Å². The maximum atomic E-state index is 12.6. The Labute approximate surface area is 260 Å². The minimum atomic E-state index is -1.13. The maximum absolute atomic E-state index is 12.6. The summed E-state index contributed by atoms with van der Waals surface area (Å²) in [5.41, 5.74) is 2.69. The number of amides is 2. The lowest BCUT2D eigenvalue weighted by Crippen LogP contribution is -2.32. The average molecular weight is 610 g/mol. The molecule has 0 atom stereocenters. The quantitative estimate of drug-likeness (QED) is 0.0911. The predicted molar refractivity (Wildman–Crippen MR) is 166 cm³/mol. The van der Waals surface area contributed by atoms with Gasteiger partial charge in [-0.05, 0) is 77.7 Å². The summed E-state index contributed by atoms with van der Waals surface area (Å²) in [5, 5.41) is 2.05. The molecule has 0 aliphatic carbocycles. The number of rotatable bonds is 11. The summed E-state index contributed by atoms with van der Waals surface area (Å²) in [5.74, 6) is 0.340. The minimum absolute atomic E-state index is 0.00881. The summed E-state index contributed by atoms with van der Waals surface area (Å²) >= 11 is 0. The fourth-order valence-corrected chi connectivity index (χ4v) is 4.19. The Bertz CT molecular complexity index is 1660. The number of carbonyl (C=O) groups is 4. The van der Waals surface area contributed by atoms with E-state index in [-0.39, 0.29) is 12.0 Å². The van der Waals surface area contributed by atoms with Crippen LogP contribution in [0.1, 0.15) is 33.5 Å². The molecule has 10 nitrogen and oxygen atoms in total. The number of aryl methyl sites for hydroxylation is 1.